The Labute approximate surface area is 110 Å². The number of nitrogens with two attached hydrogens (primary N) is 1. The minimum absolute atomic E-state index is 0.205. The minimum Gasteiger partial charge on any atom is -0.411 e. The first kappa shape index (κ1) is 15.3. The van der Waals surface area contributed by atoms with Crippen molar-refractivity contribution in [3.63, 3.8) is 0 Å². The molecule has 1 aromatic heterocycles. The second kappa shape index (κ2) is 5.92. The quantitative estimate of drug-likeness (QED) is 0.630. The van der Waals surface area contributed by atoms with Crippen LogP contribution in [-0.2, 0) is 22.4 Å². The van der Waals surface area contributed by atoms with Crippen LogP contribution >= 0.6 is 0 Å². The van der Waals surface area contributed by atoms with Gasteiger partial charge in [-0.15, -0.1) is 0 Å². The summed E-state index contributed by atoms with van der Waals surface area (Å²) >= 11 is 0. The van der Waals surface area contributed by atoms with Crippen molar-refractivity contribution in [3.05, 3.63) is 11.9 Å². The van der Waals surface area contributed by atoms with Crippen LogP contribution in [0.15, 0.2) is 6.20 Å². The van der Waals surface area contributed by atoms with Crippen LogP contribution in [-0.4, -0.2) is 29.9 Å². The van der Waals surface area contributed by atoms with Crippen LogP contribution in [0.25, 0.3) is 0 Å². The molecule has 0 bridgehead atoms. The van der Waals surface area contributed by atoms with Gasteiger partial charge in [-0.05, 0) is 18.1 Å². The molecule has 0 aromatic carbocycles. The number of rotatable bonds is 6. The highest BCUT2D eigenvalue weighted by Gasteiger charge is 2.37. The van der Waals surface area contributed by atoms with Crippen LogP contribution in [0.2, 0.25) is 18.1 Å². The predicted molar refractivity (Wildman–Crippen MR) is 72.1 cm³/mol. The summed E-state index contributed by atoms with van der Waals surface area (Å²) in [6.07, 6.45) is 1.73. The van der Waals surface area contributed by atoms with Crippen LogP contribution in [0.4, 0.5) is 0 Å². The van der Waals surface area contributed by atoms with Crippen molar-refractivity contribution in [2.45, 2.75) is 52.1 Å². The Morgan fingerprint density at radius 2 is 2.06 bits per heavy atom. The van der Waals surface area contributed by atoms with Gasteiger partial charge in [-0.2, -0.15) is 15.0 Å². The molecule has 1 rings (SSSR count). The summed E-state index contributed by atoms with van der Waals surface area (Å²) in [6, 6.07) is 0. The highest BCUT2D eigenvalue weighted by molar-refractivity contribution is 6.74. The van der Waals surface area contributed by atoms with E-state index < -0.39 is 8.32 Å². The van der Waals surface area contributed by atoms with Gasteiger partial charge in [0.05, 0.1) is 26.0 Å². The number of nitrogens with zero attached hydrogens (tertiary/aromatic N) is 3. The van der Waals surface area contributed by atoms with E-state index in [0.29, 0.717) is 19.8 Å². The predicted octanol–water partition coefficient (Wildman–Crippen LogP) is 1.69. The Morgan fingerprint density at radius 1 is 1.39 bits per heavy atom. The average molecular weight is 272 g/mol. The molecule has 0 aliphatic rings. The lowest BCUT2D eigenvalue weighted by Crippen LogP contribution is -2.40. The minimum atomic E-state index is -1.73. The summed E-state index contributed by atoms with van der Waals surface area (Å²) in [5.74, 6) is 4.96. The van der Waals surface area contributed by atoms with Gasteiger partial charge < -0.3 is 9.26 Å². The SMILES string of the molecule is CC(C)(C)[Si](C)(C)OCc1cnn(CCON)n1. The van der Waals surface area contributed by atoms with Gasteiger partial charge in [-0.25, -0.2) is 5.90 Å². The number of hydrogen-bond acceptors (Lipinski definition) is 5. The van der Waals surface area contributed by atoms with E-state index in [1.54, 1.807) is 11.0 Å². The molecule has 2 N–H and O–H groups in total. The van der Waals surface area contributed by atoms with Gasteiger partial charge in [0.15, 0.2) is 8.32 Å². The van der Waals surface area contributed by atoms with Crippen LogP contribution in [0, 0.1) is 0 Å². The molecule has 6 nitrogen and oxygen atoms in total. The molecule has 0 saturated heterocycles. The molecule has 0 aliphatic heterocycles. The van der Waals surface area contributed by atoms with Gasteiger partial charge in [0.2, 0.25) is 0 Å². The van der Waals surface area contributed by atoms with E-state index in [9.17, 15) is 0 Å². The van der Waals surface area contributed by atoms with Gasteiger partial charge >= 0.3 is 0 Å². The average Bonchev–Trinajstić information content (AvgIpc) is 2.70. The zero-order chi connectivity index (χ0) is 13.8. The topological polar surface area (TPSA) is 75.2 Å². The fourth-order valence-electron chi connectivity index (χ4n) is 1.11. The molecular formula is C11H24N4O2Si. The summed E-state index contributed by atoms with van der Waals surface area (Å²) in [5.41, 5.74) is 0.844. The Hall–Kier alpha value is -0.763. The first-order valence-corrected chi connectivity index (χ1v) is 9.02. The number of hydrogen-bond donors (Lipinski definition) is 1. The normalized spacial score (nSPS) is 13.0. The van der Waals surface area contributed by atoms with Crippen LogP contribution < -0.4 is 5.90 Å². The monoisotopic (exact) mass is 272 g/mol. The molecule has 1 heterocycles. The zero-order valence-electron chi connectivity index (χ0n) is 11.9. The van der Waals surface area contributed by atoms with Crippen LogP contribution in [0.1, 0.15) is 26.5 Å². The Balaban J connectivity index is 2.51. The van der Waals surface area contributed by atoms with E-state index in [1.165, 1.54) is 0 Å². The first-order valence-electron chi connectivity index (χ1n) is 6.11. The Kier molecular flexibility index (Phi) is 5.03. The molecule has 0 fully saturated rings. The van der Waals surface area contributed by atoms with E-state index in [-0.39, 0.29) is 5.04 Å². The molecule has 0 radical (unpaired) electrons. The standard InChI is InChI=1S/C11H24N4O2Si/c1-11(2,3)18(4,5)17-9-10-8-13-15(14-10)6-7-16-12/h8H,6-7,9,12H2,1-5H3. The first-order chi connectivity index (χ1) is 8.26. The molecule has 0 saturated carbocycles. The summed E-state index contributed by atoms with van der Waals surface area (Å²) in [6.45, 7) is 12.6. The Morgan fingerprint density at radius 3 is 2.61 bits per heavy atom. The fourth-order valence-corrected chi connectivity index (χ4v) is 2.05. The summed E-state index contributed by atoms with van der Waals surface area (Å²) in [7, 11) is -1.73. The van der Waals surface area contributed by atoms with Gasteiger partial charge in [0.25, 0.3) is 0 Å². The van der Waals surface area contributed by atoms with Crippen molar-refractivity contribution in [2.75, 3.05) is 6.61 Å². The van der Waals surface area contributed by atoms with Crippen molar-refractivity contribution in [1.29, 1.82) is 0 Å². The van der Waals surface area contributed by atoms with E-state index >= 15 is 0 Å². The third kappa shape index (κ3) is 4.16. The van der Waals surface area contributed by atoms with Gasteiger partial charge in [0, 0.05) is 0 Å². The fraction of sp³-hybridized carbons (Fsp3) is 0.818. The van der Waals surface area contributed by atoms with Crippen molar-refractivity contribution in [3.8, 4) is 0 Å². The van der Waals surface area contributed by atoms with E-state index in [0.717, 1.165) is 5.69 Å². The molecule has 0 aliphatic carbocycles. The lowest BCUT2D eigenvalue weighted by atomic mass is 10.2. The maximum absolute atomic E-state index is 6.06. The summed E-state index contributed by atoms with van der Waals surface area (Å²) in [4.78, 5) is 6.06. The third-order valence-electron chi connectivity index (χ3n) is 3.38. The molecule has 0 spiro atoms. The molecule has 7 heteroatoms. The van der Waals surface area contributed by atoms with Crippen molar-refractivity contribution in [2.24, 2.45) is 5.90 Å². The van der Waals surface area contributed by atoms with E-state index in [1.807, 2.05) is 0 Å². The second-order valence-electron chi connectivity index (χ2n) is 5.85. The largest absolute Gasteiger partial charge is 0.411 e. The summed E-state index contributed by atoms with van der Waals surface area (Å²) in [5, 5.41) is 8.63. The second-order valence-corrected chi connectivity index (χ2v) is 10.7. The molecule has 18 heavy (non-hydrogen) atoms. The van der Waals surface area contributed by atoms with E-state index in [4.69, 9.17) is 10.3 Å². The molecular weight excluding hydrogens is 248 g/mol. The van der Waals surface area contributed by atoms with Crippen LogP contribution in [0.3, 0.4) is 0 Å². The number of aromatic nitrogens is 3. The maximum Gasteiger partial charge on any atom is 0.192 e. The lowest BCUT2D eigenvalue weighted by Gasteiger charge is -2.35. The molecule has 104 valence electrons. The highest BCUT2D eigenvalue weighted by Crippen LogP contribution is 2.36. The van der Waals surface area contributed by atoms with Gasteiger partial charge in [-0.3, -0.25) is 0 Å². The zero-order valence-corrected chi connectivity index (χ0v) is 12.9. The molecule has 0 amide bonds. The maximum atomic E-state index is 6.06. The highest BCUT2D eigenvalue weighted by atomic mass is 28.4. The van der Waals surface area contributed by atoms with Crippen molar-refractivity contribution in [1.82, 2.24) is 15.0 Å². The van der Waals surface area contributed by atoms with E-state index in [2.05, 4.69) is 48.9 Å². The lowest BCUT2D eigenvalue weighted by molar-refractivity contribution is 0.123. The summed E-state index contributed by atoms with van der Waals surface area (Å²) < 4.78 is 6.06. The smallest absolute Gasteiger partial charge is 0.192 e. The van der Waals surface area contributed by atoms with Gasteiger partial charge in [-0.1, -0.05) is 20.8 Å². The molecule has 1 aromatic rings. The van der Waals surface area contributed by atoms with Crippen molar-refractivity contribution < 1.29 is 9.26 Å². The van der Waals surface area contributed by atoms with Crippen molar-refractivity contribution >= 4 is 8.32 Å². The Bertz CT molecular complexity index is 373. The van der Waals surface area contributed by atoms with Crippen LogP contribution in [0.5, 0.6) is 0 Å². The third-order valence-corrected chi connectivity index (χ3v) is 7.86. The van der Waals surface area contributed by atoms with Gasteiger partial charge in [0.1, 0.15) is 5.69 Å². The molecule has 0 unspecified atom stereocenters. The molecule has 0 atom stereocenters.